The second kappa shape index (κ2) is 4.55. The largest absolute Gasteiger partial charge is 0.497 e. The Morgan fingerprint density at radius 2 is 2.21 bits per heavy atom. The highest BCUT2D eigenvalue weighted by atomic mass is 32.1. The maximum Gasteiger partial charge on any atom is 0.232 e. The molecule has 2 heterocycles. The third-order valence-electron chi connectivity index (χ3n) is 3.00. The topological polar surface area (TPSA) is 35.5 Å². The molecule has 3 rings (SSSR count). The van der Waals surface area contributed by atoms with Gasteiger partial charge in [0, 0.05) is 17.0 Å². The van der Waals surface area contributed by atoms with E-state index in [9.17, 15) is 4.79 Å². The summed E-state index contributed by atoms with van der Waals surface area (Å²) in [4.78, 5) is 13.3. The fourth-order valence-corrected chi connectivity index (χ4v) is 2.74. The quantitative estimate of drug-likeness (QED) is 0.782. The summed E-state index contributed by atoms with van der Waals surface area (Å²) >= 11 is 1.57. The number of carbonyl (C=O) groups excluding carboxylic acids is 1. The molecule has 1 aliphatic heterocycles. The minimum atomic E-state index is -0.0662. The van der Waals surface area contributed by atoms with E-state index in [1.807, 2.05) is 30.5 Å². The Kier molecular flexibility index (Phi) is 2.87. The Balaban J connectivity index is 2.04. The van der Waals surface area contributed by atoms with Crippen LogP contribution in [0.1, 0.15) is 20.8 Å². The molecule has 1 aliphatic rings. The van der Waals surface area contributed by atoms with Crippen molar-refractivity contribution in [2.24, 2.45) is 0 Å². The lowest BCUT2D eigenvalue weighted by molar-refractivity contribution is 0.101. The highest BCUT2D eigenvalue weighted by Crippen LogP contribution is 2.37. The van der Waals surface area contributed by atoms with Crippen LogP contribution in [-0.4, -0.2) is 12.9 Å². The van der Waals surface area contributed by atoms with Gasteiger partial charge in [-0.1, -0.05) is 6.07 Å². The summed E-state index contributed by atoms with van der Waals surface area (Å²) in [5, 5.41) is 1.97. The number of fused-ring (bicyclic) bond motifs is 1. The average molecular weight is 272 g/mol. The predicted molar refractivity (Wildman–Crippen MR) is 75.0 cm³/mol. The van der Waals surface area contributed by atoms with Crippen LogP contribution in [0.4, 0.5) is 0 Å². The molecular weight excluding hydrogens is 260 g/mol. The number of aryl methyl sites for hydroxylation is 1. The van der Waals surface area contributed by atoms with E-state index in [2.05, 4.69) is 0 Å². The molecule has 0 saturated heterocycles. The van der Waals surface area contributed by atoms with Crippen LogP contribution in [0.2, 0.25) is 0 Å². The van der Waals surface area contributed by atoms with E-state index in [1.165, 1.54) is 0 Å². The molecule has 0 radical (unpaired) electrons. The zero-order chi connectivity index (χ0) is 13.4. The van der Waals surface area contributed by atoms with Crippen LogP contribution in [0.3, 0.4) is 0 Å². The predicted octanol–water partition coefficient (Wildman–Crippen LogP) is 3.68. The summed E-state index contributed by atoms with van der Waals surface area (Å²) in [5.41, 5.74) is 1.50. The number of thiophene rings is 1. The smallest absolute Gasteiger partial charge is 0.232 e. The molecule has 19 heavy (non-hydrogen) atoms. The van der Waals surface area contributed by atoms with Gasteiger partial charge >= 0.3 is 0 Å². The van der Waals surface area contributed by atoms with Crippen LogP contribution in [0.25, 0.3) is 6.08 Å². The number of benzene rings is 1. The lowest BCUT2D eigenvalue weighted by Crippen LogP contribution is -1.99. The van der Waals surface area contributed by atoms with E-state index in [0.717, 1.165) is 10.4 Å². The summed E-state index contributed by atoms with van der Waals surface area (Å²) in [6.07, 6.45) is 1.78. The summed E-state index contributed by atoms with van der Waals surface area (Å²) in [6, 6.07) is 7.48. The van der Waals surface area contributed by atoms with Crippen molar-refractivity contribution >= 4 is 23.2 Å². The van der Waals surface area contributed by atoms with E-state index in [-0.39, 0.29) is 5.78 Å². The van der Waals surface area contributed by atoms with Crippen LogP contribution in [-0.2, 0) is 0 Å². The van der Waals surface area contributed by atoms with Gasteiger partial charge in [-0.3, -0.25) is 4.79 Å². The Hall–Kier alpha value is -2.07. The zero-order valence-electron chi connectivity index (χ0n) is 10.6. The minimum Gasteiger partial charge on any atom is -0.497 e. The first-order chi connectivity index (χ1) is 9.19. The van der Waals surface area contributed by atoms with Crippen LogP contribution in [0.15, 0.2) is 35.4 Å². The molecule has 0 fully saturated rings. The van der Waals surface area contributed by atoms with Crippen molar-refractivity contribution in [3.8, 4) is 11.5 Å². The van der Waals surface area contributed by atoms with Crippen LogP contribution in [0.5, 0.6) is 11.5 Å². The fourth-order valence-electron chi connectivity index (χ4n) is 2.10. The maximum atomic E-state index is 12.3. The van der Waals surface area contributed by atoms with Crippen LogP contribution >= 0.6 is 11.3 Å². The van der Waals surface area contributed by atoms with E-state index >= 15 is 0 Å². The second-order valence-corrected chi connectivity index (χ2v) is 5.25. The molecule has 3 nitrogen and oxygen atoms in total. The number of rotatable bonds is 2. The molecule has 1 aromatic carbocycles. The van der Waals surface area contributed by atoms with Crippen LogP contribution < -0.4 is 9.47 Å². The standard InChI is InChI=1S/C15H12O3S/c1-9-6-10(17-2)7-12-14(9)15(16)13(18-12)8-11-4-3-5-19-11/h3-8H,1-2H3/b13-8-. The normalized spacial score (nSPS) is 15.5. The Labute approximate surface area is 115 Å². The number of methoxy groups -OCH3 is 1. The molecule has 4 heteroatoms. The lowest BCUT2D eigenvalue weighted by atomic mass is 10.0. The number of Topliss-reactive ketones (excluding diaryl/α,β-unsaturated/α-hetero) is 1. The number of carbonyl (C=O) groups is 1. The Morgan fingerprint density at radius 1 is 1.37 bits per heavy atom. The van der Waals surface area contributed by atoms with Crippen molar-refractivity contribution in [2.45, 2.75) is 6.92 Å². The molecule has 0 unspecified atom stereocenters. The fraction of sp³-hybridized carbons (Fsp3) is 0.133. The van der Waals surface area contributed by atoms with Crippen molar-refractivity contribution < 1.29 is 14.3 Å². The second-order valence-electron chi connectivity index (χ2n) is 4.27. The van der Waals surface area contributed by atoms with Gasteiger partial charge in [-0.25, -0.2) is 0 Å². The van der Waals surface area contributed by atoms with Gasteiger partial charge in [0.05, 0.1) is 12.7 Å². The van der Waals surface area contributed by atoms with Crippen molar-refractivity contribution in [1.82, 2.24) is 0 Å². The monoisotopic (exact) mass is 272 g/mol. The molecule has 0 bridgehead atoms. The van der Waals surface area contributed by atoms with Crippen LogP contribution in [0, 0.1) is 6.92 Å². The molecule has 0 saturated carbocycles. The SMILES string of the molecule is COc1cc(C)c2c(c1)O/C(=C\c1cccs1)C2=O. The number of allylic oxidation sites excluding steroid dienone is 1. The first-order valence-electron chi connectivity index (χ1n) is 5.85. The molecule has 0 atom stereocenters. The van der Waals surface area contributed by atoms with Gasteiger partial charge in [-0.05, 0) is 30.0 Å². The maximum absolute atomic E-state index is 12.3. The van der Waals surface area contributed by atoms with Gasteiger partial charge in [-0.15, -0.1) is 11.3 Å². The molecule has 2 aromatic rings. The summed E-state index contributed by atoms with van der Waals surface area (Å²) in [6.45, 7) is 1.89. The van der Waals surface area contributed by atoms with Gasteiger partial charge in [0.1, 0.15) is 11.5 Å². The summed E-state index contributed by atoms with van der Waals surface area (Å²) in [7, 11) is 1.60. The summed E-state index contributed by atoms with van der Waals surface area (Å²) in [5.74, 6) is 1.57. The number of hydrogen-bond donors (Lipinski definition) is 0. The number of ketones is 1. The zero-order valence-corrected chi connectivity index (χ0v) is 11.4. The van der Waals surface area contributed by atoms with Crippen molar-refractivity contribution in [3.05, 3.63) is 51.4 Å². The highest BCUT2D eigenvalue weighted by Gasteiger charge is 2.29. The van der Waals surface area contributed by atoms with Gasteiger partial charge in [0.2, 0.25) is 5.78 Å². The van der Waals surface area contributed by atoms with E-state index in [4.69, 9.17) is 9.47 Å². The highest BCUT2D eigenvalue weighted by molar-refractivity contribution is 7.10. The minimum absolute atomic E-state index is 0.0662. The molecule has 0 N–H and O–H groups in total. The van der Waals surface area contributed by atoms with Crippen molar-refractivity contribution in [3.63, 3.8) is 0 Å². The van der Waals surface area contributed by atoms with E-state index in [0.29, 0.717) is 22.8 Å². The molecule has 1 aromatic heterocycles. The molecule has 0 aliphatic carbocycles. The third kappa shape index (κ3) is 2.04. The van der Waals surface area contributed by atoms with Crippen molar-refractivity contribution in [2.75, 3.05) is 7.11 Å². The summed E-state index contributed by atoms with van der Waals surface area (Å²) < 4.78 is 10.8. The first kappa shape index (κ1) is 12.0. The van der Waals surface area contributed by atoms with Gasteiger partial charge in [0.15, 0.2) is 5.76 Å². The third-order valence-corrected chi connectivity index (χ3v) is 3.82. The van der Waals surface area contributed by atoms with E-state index < -0.39 is 0 Å². The molecule has 0 spiro atoms. The Bertz CT molecular complexity index is 669. The number of hydrogen-bond acceptors (Lipinski definition) is 4. The van der Waals surface area contributed by atoms with E-state index in [1.54, 1.807) is 30.6 Å². The van der Waals surface area contributed by atoms with Crippen molar-refractivity contribution in [1.29, 1.82) is 0 Å². The van der Waals surface area contributed by atoms with Gasteiger partial charge in [-0.2, -0.15) is 0 Å². The molecular formula is C15H12O3S. The first-order valence-corrected chi connectivity index (χ1v) is 6.73. The molecule has 96 valence electrons. The number of ether oxygens (including phenoxy) is 2. The Morgan fingerprint density at radius 3 is 2.89 bits per heavy atom. The lowest BCUT2D eigenvalue weighted by Gasteiger charge is -2.04. The van der Waals surface area contributed by atoms with Gasteiger partial charge < -0.3 is 9.47 Å². The van der Waals surface area contributed by atoms with Gasteiger partial charge in [0.25, 0.3) is 0 Å². The average Bonchev–Trinajstić information content (AvgIpc) is 2.99. The molecule has 0 amide bonds.